The van der Waals surface area contributed by atoms with Crippen molar-refractivity contribution < 1.29 is 4.74 Å². The van der Waals surface area contributed by atoms with Crippen LogP contribution in [0.25, 0.3) is 0 Å². The molecule has 1 saturated carbocycles. The van der Waals surface area contributed by atoms with E-state index >= 15 is 0 Å². The van der Waals surface area contributed by atoms with Crippen LogP contribution < -0.4 is 5.73 Å². The van der Waals surface area contributed by atoms with E-state index in [4.69, 9.17) is 10.5 Å². The molecule has 2 aliphatic carbocycles. The lowest BCUT2D eigenvalue weighted by Crippen LogP contribution is -2.34. The van der Waals surface area contributed by atoms with E-state index < -0.39 is 0 Å². The van der Waals surface area contributed by atoms with Gasteiger partial charge in [0.25, 0.3) is 0 Å². The summed E-state index contributed by atoms with van der Waals surface area (Å²) < 4.78 is 5.95. The van der Waals surface area contributed by atoms with Crippen LogP contribution in [0, 0.1) is 0 Å². The number of hydrogen-bond donors (Lipinski definition) is 1. The molecule has 2 aliphatic rings. The second-order valence-electron chi connectivity index (χ2n) is 4.17. The number of rotatable bonds is 2. The Bertz CT molecular complexity index is 191. The first kappa shape index (κ1) is 9.22. The van der Waals surface area contributed by atoms with Gasteiger partial charge < -0.3 is 10.5 Å². The minimum absolute atomic E-state index is 0.287. The zero-order valence-electron chi connectivity index (χ0n) is 8.11. The van der Waals surface area contributed by atoms with Gasteiger partial charge in [0.2, 0.25) is 0 Å². The summed E-state index contributed by atoms with van der Waals surface area (Å²) in [6.07, 6.45) is 12.3. The molecule has 1 fully saturated rings. The summed E-state index contributed by atoms with van der Waals surface area (Å²) in [7, 11) is 0. The highest BCUT2D eigenvalue weighted by Gasteiger charge is 2.26. The minimum Gasteiger partial charge on any atom is -0.369 e. The van der Waals surface area contributed by atoms with Crippen LogP contribution >= 0.6 is 0 Å². The molecule has 0 radical (unpaired) electrons. The van der Waals surface area contributed by atoms with Crippen molar-refractivity contribution in [3.63, 3.8) is 0 Å². The molecule has 0 saturated heterocycles. The van der Waals surface area contributed by atoms with Gasteiger partial charge >= 0.3 is 0 Å². The molecule has 2 N–H and O–H groups in total. The molecular formula is C11H19NO. The van der Waals surface area contributed by atoms with Crippen LogP contribution in [0.3, 0.4) is 0 Å². The average molecular weight is 181 g/mol. The van der Waals surface area contributed by atoms with Gasteiger partial charge in [0, 0.05) is 6.04 Å². The number of ether oxygens (including phenoxy) is 1. The fourth-order valence-corrected chi connectivity index (χ4v) is 2.24. The van der Waals surface area contributed by atoms with Gasteiger partial charge in [-0.25, -0.2) is 0 Å². The maximum Gasteiger partial charge on any atom is 0.0760 e. The number of hydrogen-bond acceptors (Lipinski definition) is 2. The highest BCUT2D eigenvalue weighted by molar-refractivity contribution is 4.95. The molecule has 3 atom stereocenters. The maximum atomic E-state index is 5.95. The Morgan fingerprint density at radius 2 is 2.08 bits per heavy atom. The fraction of sp³-hybridized carbons (Fsp3) is 0.818. The Balaban J connectivity index is 1.82. The molecular weight excluding hydrogens is 162 g/mol. The summed E-state index contributed by atoms with van der Waals surface area (Å²) in [6.45, 7) is 0. The maximum absolute atomic E-state index is 5.95. The van der Waals surface area contributed by atoms with E-state index in [1.165, 1.54) is 25.7 Å². The van der Waals surface area contributed by atoms with E-state index in [1.54, 1.807) is 0 Å². The van der Waals surface area contributed by atoms with Crippen LogP contribution in [0.4, 0.5) is 0 Å². The molecule has 2 nitrogen and oxygen atoms in total. The molecule has 0 spiro atoms. The quantitative estimate of drug-likeness (QED) is 0.661. The van der Waals surface area contributed by atoms with Gasteiger partial charge in [-0.15, -0.1) is 0 Å². The van der Waals surface area contributed by atoms with Crippen molar-refractivity contribution >= 4 is 0 Å². The Morgan fingerprint density at radius 3 is 2.69 bits per heavy atom. The molecule has 0 heterocycles. The number of allylic oxidation sites excluding steroid dienone is 1. The van der Waals surface area contributed by atoms with Crippen molar-refractivity contribution in [3.05, 3.63) is 12.2 Å². The van der Waals surface area contributed by atoms with Crippen molar-refractivity contribution in [2.24, 2.45) is 5.73 Å². The van der Waals surface area contributed by atoms with Crippen molar-refractivity contribution in [2.45, 2.75) is 56.8 Å². The molecule has 0 aromatic heterocycles. The van der Waals surface area contributed by atoms with E-state index in [1.807, 2.05) is 0 Å². The first-order valence-corrected chi connectivity index (χ1v) is 5.44. The van der Waals surface area contributed by atoms with E-state index in [9.17, 15) is 0 Å². The highest BCUT2D eigenvalue weighted by atomic mass is 16.5. The van der Waals surface area contributed by atoms with E-state index in [-0.39, 0.29) is 6.04 Å². The summed E-state index contributed by atoms with van der Waals surface area (Å²) in [4.78, 5) is 0. The standard InChI is InChI=1S/C11H19NO/c12-10-7-4-8-11(10)13-9-5-2-1-3-6-9/h2,5,9-11H,1,3-4,6-8,12H2. The molecule has 2 rings (SSSR count). The van der Waals surface area contributed by atoms with E-state index in [2.05, 4.69) is 12.2 Å². The normalized spacial score (nSPS) is 39.6. The third kappa shape index (κ3) is 2.32. The minimum atomic E-state index is 0.287. The van der Waals surface area contributed by atoms with Gasteiger partial charge in [-0.3, -0.25) is 0 Å². The van der Waals surface area contributed by atoms with Gasteiger partial charge in [0.15, 0.2) is 0 Å². The second-order valence-corrected chi connectivity index (χ2v) is 4.17. The van der Waals surface area contributed by atoms with E-state index in [0.29, 0.717) is 12.2 Å². The lowest BCUT2D eigenvalue weighted by molar-refractivity contribution is 0.00271. The third-order valence-electron chi connectivity index (χ3n) is 3.06. The summed E-state index contributed by atoms with van der Waals surface area (Å²) in [5, 5.41) is 0. The smallest absolute Gasteiger partial charge is 0.0760 e. The molecule has 2 heteroatoms. The van der Waals surface area contributed by atoms with Gasteiger partial charge in [0.05, 0.1) is 12.2 Å². The summed E-state index contributed by atoms with van der Waals surface area (Å²) in [5.74, 6) is 0. The molecule has 0 aliphatic heterocycles. The largest absolute Gasteiger partial charge is 0.369 e. The van der Waals surface area contributed by atoms with Crippen LogP contribution in [-0.2, 0) is 4.74 Å². The molecule has 0 aromatic rings. The first-order chi connectivity index (χ1) is 6.36. The summed E-state index contributed by atoms with van der Waals surface area (Å²) in [5.41, 5.74) is 5.95. The molecule has 3 unspecified atom stereocenters. The Morgan fingerprint density at radius 1 is 1.15 bits per heavy atom. The SMILES string of the molecule is NC1CCCC1OC1C=CCCC1. The number of nitrogens with two attached hydrogens (primary N) is 1. The lowest BCUT2D eigenvalue weighted by Gasteiger charge is -2.24. The zero-order valence-corrected chi connectivity index (χ0v) is 8.11. The monoisotopic (exact) mass is 181 g/mol. The zero-order chi connectivity index (χ0) is 9.10. The van der Waals surface area contributed by atoms with Crippen LogP contribution in [0.1, 0.15) is 38.5 Å². The molecule has 0 aromatic carbocycles. The van der Waals surface area contributed by atoms with E-state index in [0.717, 1.165) is 12.8 Å². The predicted molar refractivity (Wildman–Crippen MR) is 53.5 cm³/mol. The average Bonchev–Trinajstić information content (AvgIpc) is 2.54. The summed E-state index contributed by atoms with van der Waals surface area (Å²) >= 11 is 0. The molecule has 0 amide bonds. The van der Waals surface area contributed by atoms with Crippen molar-refractivity contribution in [1.29, 1.82) is 0 Å². The summed E-state index contributed by atoms with van der Waals surface area (Å²) in [6, 6.07) is 0.287. The highest BCUT2D eigenvalue weighted by Crippen LogP contribution is 2.24. The molecule has 13 heavy (non-hydrogen) atoms. The van der Waals surface area contributed by atoms with Gasteiger partial charge in [-0.1, -0.05) is 12.2 Å². The van der Waals surface area contributed by atoms with Crippen molar-refractivity contribution in [2.75, 3.05) is 0 Å². The third-order valence-corrected chi connectivity index (χ3v) is 3.06. The van der Waals surface area contributed by atoms with Crippen LogP contribution in [-0.4, -0.2) is 18.2 Å². The first-order valence-electron chi connectivity index (χ1n) is 5.44. The topological polar surface area (TPSA) is 35.2 Å². The Kier molecular flexibility index (Phi) is 3.01. The predicted octanol–water partition coefficient (Wildman–Crippen LogP) is 1.99. The van der Waals surface area contributed by atoms with Gasteiger partial charge in [0.1, 0.15) is 0 Å². The van der Waals surface area contributed by atoms with Gasteiger partial charge in [-0.2, -0.15) is 0 Å². The van der Waals surface area contributed by atoms with Crippen LogP contribution in [0.2, 0.25) is 0 Å². The second kappa shape index (κ2) is 4.25. The van der Waals surface area contributed by atoms with Gasteiger partial charge in [-0.05, 0) is 38.5 Å². The van der Waals surface area contributed by atoms with Crippen LogP contribution in [0.5, 0.6) is 0 Å². The van der Waals surface area contributed by atoms with Crippen LogP contribution in [0.15, 0.2) is 12.2 Å². The Hall–Kier alpha value is -0.340. The fourth-order valence-electron chi connectivity index (χ4n) is 2.24. The van der Waals surface area contributed by atoms with Crippen molar-refractivity contribution in [1.82, 2.24) is 0 Å². The lowest BCUT2D eigenvalue weighted by atomic mass is 10.0. The van der Waals surface area contributed by atoms with Crippen molar-refractivity contribution in [3.8, 4) is 0 Å². The molecule has 0 bridgehead atoms. The Labute approximate surface area is 80.1 Å². The molecule has 74 valence electrons.